The largest absolute Gasteiger partial charge is 0.507 e. The molecule has 0 spiro atoms. The first-order valence-corrected chi connectivity index (χ1v) is 16.8. The number of rotatable bonds is 6. The summed E-state index contributed by atoms with van der Waals surface area (Å²) in [6, 6.07) is 8.09. The quantitative estimate of drug-likeness (QED) is 0.223. The number of methoxy groups -OCH3 is 2. The van der Waals surface area contributed by atoms with Crippen LogP contribution in [0.1, 0.15) is 35.4 Å². The number of aromatic nitrogens is 1. The van der Waals surface area contributed by atoms with Gasteiger partial charge in [0.1, 0.15) is 17.2 Å². The number of amides is 6. The molecule has 276 valence electrons. The van der Waals surface area contributed by atoms with E-state index in [1.165, 1.54) is 50.6 Å². The number of carbonyl (C=O) groups excluding carboxylic acids is 5. The molecule has 2 aliphatic carbocycles. The number of halogens is 5. The highest BCUT2D eigenvalue weighted by Crippen LogP contribution is 2.66. The lowest BCUT2D eigenvalue weighted by molar-refractivity contribution is -0.140. The Labute approximate surface area is 308 Å². The van der Waals surface area contributed by atoms with Crippen LogP contribution in [0.25, 0.3) is 0 Å². The fourth-order valence-corrected chi connectivity index (χ4v) is 8.81. The number of nitrogens with two attached hydrogens (primary N) is 1. The minimum Gasteiger partial charge on any atom is -0.507 e. The predicted molar refractivity (Wildman–Crippen MR) is 180 cm³/mol. The second-order valence-electron chi connectivity index (χ2n) is 13.0. The molecule has 4 N–H and O–H groups in total. The maximum Gasteiger partial charge on any atom is 0.417 e. The number of nitrogens with one attached hydrogen (secondary N) is 1. The molecule has 3 heterocycles. The molecule has 6 unspecified atom stereocenters. The average molecular weight is 775 g/mol. The number of likely N-dealkylation sites (tertiary alicyclic amines) is 1. The minimum absolute atomic E-state index is 0.0277. The number of hydrazine groups is 1. The molecule has 7 rings (SSSR count). The monoisotopic (exact) mass is 773 g/mol. The highest BCUT2D eigenvalue weighted by Gasteiger charge is 2.71. The number of allylic oxidation sites excluding steroid dienone is 2. The van der Waals surface area contributed by atoms with Crippen LogP contribution in [-0.4, -0.2) is 63.9 Å². The third-order valence-electron chi connectivity index (χ3n) is 10.6. The Morgan fingerprint density at radius 1 is 1.02 bits per heavy atom. The van der Waals surface area contributed by atoms with Crippen LogP contribution >= 0.6 is 23.2 Å². The van der Waals surface area contributed by atoms with E-state index in [0.717, 1.165) is 0 Å². The first-order valence-electron chi connectivity index (χ1n) is 16.0. The molecule has 2 aromatic carbocycles. The molecule has 18 heteroatoms. The van der Waals surface area contributed by atoms with Gasteiger partial charge in [-0.3, -0.25) is 24.6 Å². The number of anilines is 1. The van der Waals surface area contributed by atoms with Crippen LogP contribution in [0, 0.1) is 23.7 Å². The second kappa shape index (κ2) is 12.7. The van der Waals surface area contributed by atoms with E-state index < -0.39 is 93.0 Å². The lowest BCUT2D eigenvalue weighted by Gasteiger charge is -2.50. The van der Waals surface area contributed by atoms with E-state index in [1.54, 1.807) is 6.08 Å². The molecule has 1 saturated carbocycles. The van der Waals surface area contributed by atoms with E-state index in [1.807, 2.05) is 0 Å². The number of phenols is 1. The molecule has 13 nitrogen and oxygen atoms in total. The number of pyridine rings is 1. The van der Waals surface area contributed by atoms with E-state index >= 15 is 4.79 Å². The number of phenolic OH excluding ortho intramolecular Hbond substituents is 1. The number of alkyl halides is 3. The van der Waals surface area contributed by atoms with Gasteiger partial charge in [0.15, 0.2) is 5.82 Å². The topological polar surface area (TPSA) is 181 Å². The van der Waals surface area contributed by atoms with E-state index in [2.05, 4.69) is 10.4 Å². The van der Waals surface area contributed by atoms with Gasteiger partial charge < -0.3 is 20.3 Å². The van der Waals surface area contributed by atoms with Gasteiger partial charge in [-0.2, -0.15) is 23.1 Å². The van der Waals surface area contributed by atoms with Crippen LogP contribution in [0.2, 0.25) is 10.0 Å². The van der Waals surface area contributed by atoms with Crippen molar-refractivity contribution in [3.05, 3.63) is 87.0 Å². The summed E-state index contributed by atoms with van der Waals surface area (Å²) in [6.45, 7) is 0. The Morgan fingerprint density at radius 3 is 2.32 bits per heavy atom. The Hall–Kier alpha value is -5.35. The molecular weight excluding hydrogens is 746 g/mol. The fraction of sp³-hybridized carbons (Fsp3) is 0.314. The highest BCUT2D eigenvalue weighted by molar-refractivity contribution is 6.33. The van der Waals surface area contributed by atoms with Crippen LogP contribution < -0.4 is 20.6 Å². The number of aromatic hydroxyl groups is 1. The number of benzene rings is 2. The number of fused-ring (bicyclic) bond motifs is 4. The van der Waals surface area contributed by atoms with Gasteiger partial charge in [0.2, 0.25) is 11.8 Å². The van der Waals surface area contributed by atoms with Crippen molar-refractivity contribution < 1.29 is 51.7 Å². The summed E-state index contributed by atoms with van der Waals surface area (Å²) >= 11 is 12.5. The molecule has 6 atom stereocenters. The van der Waals surface area contributed by atoms with Crippen molar-refractivity contribution in [1.29, 1.82) is 0 Å². The fourth-order valence-electron chi connectivity index (χ4n) is 8.48. The van der Waals surface area contributed by atoms with Gasteiger partial charge in [0.05, 0.1) is 48.0 Å². The molecule has 2 aliphatic heterocycles. The molecule has 1 aromatic heterocycles. The third-order valence-corrected chi connectivity index (χ3v) is 11.2. The van der Waals surface area contributed by atoms with Gasteiger partial charge in [0, 0.05) is 34.8 Å². The number of urea groups is 1. The van der Waals surface area contributed by atoms with Crippen molar-refractivity contribution in [3.8, 4) is 17.2 Å². The van der Waals surface area contributed by atoms with Crippen LogP contribution in [0.5, 0.6) is 17.2 Å². The van der Waals surface area contributed by atoms with Crippen molar-refractivity contribution in [1.82, 2.24) is 14.9 Å². The number of hydrogen-bond donors (Lipinski definition) is 3. The normalized spacial score (nSPS) is 26.5. The van der Waals surface area contributed by atoms with Crippen LogP contribution in [0.4, 0.5) is 23.8 Å². The van der Waals surface area contributed by atoms with E-state index in [9.17, 15) is 37.5 Å². The lowest BCUT2D eigenvalue weighted by Crippen LogP contribution is -2.53. The maximum atomic E-state index is 15.3. The number of carbonyl (C=O) groups is 5. The first kappa shape index (κ1) is 36.0. The van der Waals surface area contributed by atoms with Crippen LogP contribution in [0.3, 0.4) is 0 Å². The average Bonchev–Trinajstić information content (AvgIpc) is 3.49. The van der Waals surface area contributed by atoms with Gasteiger partial charge in [-0.1, -0.05) is 47.0 Å². The summed E-state index contributed by atoms with van der Waals surface area (Å²) in [7, 11) is 2.67. The predicted octanol–water partition coefficient (Wildman–Crippen LogP) is 5.19. The summed E-state index contributed by atoms with van der Waals surface area (Å²) in [4.78, 5) is 73.6. The zero-order valence-electron chi connectivity index (χ0n) is 27.6. The Balaban J connectivity index is 1.49. The smallest absolute Gasteiger partial charge is 0.417 e. The Morgan fingerprint density at radius 2 is 1.72 bits per heavy atom. The van der Waals surface area contributed by atoms with E-state index in [4.69, 9.17) is 38.4 Å². The first-order chi connectivity index (χ1) is 25.1. The Kier molecular flexibility index (Phi) is 8.60. The van der Waals surface area contributed by atoms with E-state index in [-0.39, 0.29) is 40.5 Å². The molecular formula is C35H28Cl2F3N5O8. The molecule has 0 radical (unpaired) electrons. The SMILES string of the molecule is COc1cc(O)c(C2C3=CCC4C(=O)N(C(N)=O)C(=O)C4C3CC3C(=O)N(Nc4ncc(C(F)(F)F)cc4Cl)C(=O)C32c2ccc(Cl)cc2)c(OC)c1. The van der Waals surface area contributed by atoms with Gasteiger partial charge in [0.25, 0.3) is 11.8 Å². The Bertz CT molecular complexity index is 2150. The summed E-state index contributed by atoms with van der Waals surface area (Å²) in [5.41, 5.74) is 5.49. The lowest BCUT2D eigenvalue weighted by atomic mass is 9.49. The van der Waals surface area contributed by atoms with Crippen LogP contribution in [-0.2, 0) is 30.8 Å². The van der Waals surface area contributed by atoms with Gasteiger partial charge in [-0.15, -0.1) is 0 Å². The van der Waals surface area contributed by atoms with Crippen molar-refractivity contribution in [2.45, 2.75) is 30.4 Å². The zero-order valence-corrected chi connectivity index (χ0v) is 29.1. The number of imide groups is 4. The van der Waals surface area contributed by atoms with Crippen molar-refractivity contribution in [2.24, 2.45) is 29.4 Å². The number of nitrogens with zero attached hydrogens (tertiary/aromatic N) is 3. The molecule has 0 bridgehead atoms. The molecule has 3 fully saturated rings. The van der Waals surface area contributed by atoms with E-state index in [0.29, 0.717) is 27.7 Å². The summed E-state index contributed by atoms with van der Waals surface area (Å²) in [6.07, 6.45) is -2.94. The van der Waals surface area contributed by atoms with Gasteiger partial charge in [-0.25, -0.2) is 9.78 Å². The van der Waals surface area contributed by atoms with Gasteiger partial charge in [-0.05, 0) is 42.5 Å². The number of hydrogen-bond acceptors (Lipinski definition) is 10. The molecule has 2 saturated heterocycles. The molecule has 4 aliphatic rings. The standard InChI is InChI=1S/C35H28Cl2F3N5O8/c1-52-17-10-23(46)26(24(11-17)53-2)27-18-7-8-19-25(31(49)44(29(19)47)33(41)51)20(18)12-21-30(48)45(32(50)34(21,27)14-3-5-16(36)6-4-14)43-28-22(37)9-15(13-42-28)35(38,39)40/h3-7,9-11,13,19-21,25,27,46H,8,12H2,1-2H3,(H2,41,51)(H,42,43). The minimum atomic E-state index is -4.79. The third kappa shape index (κ3) is 5.29. The molecule has 53 heavy (non-hydrogen) atoms. The summed E-state index contributed by atoms with van der Waals surface area (Å²) < 4.78 is 51.4. The number of primary amides is 1. The number of ether oxygens (including phenoxy) is 2. The zero-order chi connectivity index (χ0) is 38.3. The highest BCUT2D eigenvalue weighted by atomic mass is 35.5. The second-order valence-corrected chi connectivity index (χ2v) is 13.9. The molecule has 6 amide bonds. The summed E-state index contributed by atoms with van der Waals surface area (Å²) in [5.74, 6) is -9.95. The van der Waals surface area contributed by atoms with Crippen LogP contribution in [0.15, 0.2) is 60.3 Å². The maximum absolute atomic E-state index is 15.3. The van der Waals surface area contributed by atoms with Crippen molar-refractivity contribution >= 4 is 58.7 Å². The van der Waals surface area contributed by atoms with Crippen molar-refractivity contribution in [3.63, 3.8) is 0 Å². The van der Waals surface area contributed by atoms with Gasteiger partial charge >= 0.3 is 12.2 Å². The van der Waals surface area contributed by atoms with Crippen molar-refractivity contribution in [2.75, 3.05) is 19.6 Å². The summed E-state index contributed by atoms with van der Waals surface area (Å²) in [5, 5.41) is 12.1. The molecule has 3 aromatic rings.